The molecule has 0 amide bonds. The van der Waals surface area contributed by atoms with Gasteiger partial charge in [-0.05, 0) is 26.3 Å². The van der Waals surface area contributed by atoms with E-state index in [1.54, 1.807) is 13.8 Å². The summed E-state index contributed by atoms with van der Waals surface area (Å²) in [7, 11) is -4.09. The van der Waals surface area contributed by atoms with Crippen LogP contribution in [0.1, 0.15) is 19.4 Å². The SMILES string of the molecule is Cc1cc([N+](=O)[O-])cc(S(N)(=O)=O)c1OC(C)C. The molecular formula is C10H14N2O5S. The van der Waals surface area contributed by atoms with Crippen LogP contribution in [0.5, 0.6) is 5.75 Å². The van der Waals surface area contributed by atoms with Crippen molar-refractivity contribution in [2.75, 3.05) is 0 Å². The summed E-state index contributed by atoms with van der Waals surface area (Å²) < 4.78 is 28.2. The first kappa shape index (κ1) is 14.4. The molecule has 0 aliphatic carbocycles. The Kier molecular flexibility index (Phi) is 3.92. The minimum atomic E-state index is -4.09. The molecule has 0 aliphatic heterocycles. The van der Waals surface area contributed by atoms with Crippen LogP contribution < -0.4 is 9.88 Å². The molecule has 100 valence electrons. The van der Waals surface area contributed by atoms with E-state index < -0.39 is 14.9 Å². The molecule has 7 nitrogen and oxygen atoms in total. The lowest BCUT2D eigenvalue weighted by molar-refractivity contribution is -0.385. The van der Waals surface area contributed by atoms with Gasteiger partial charge in [0, 0.05) is 12.1 Å². The second kappa shape index (κ2) is 4.91. The highest BCUT2D eigenvalue weighted by Gasteiger charge is 2.23. The minimum absolute atomic E-state index is 0.0538. The van der Waals surface area contributed by atoms with E-state index in [0.717, 1.165) is 6.07 Å². The van der Waals surface area contributed by atoms with Gasteiger partial charge in [0.05, 0.1) is 11.0 Å². The average molecular weight is 274 g/mol. The van der Waals surface area contributed by atoms with Crippen molar-refractivity contribution in [3.8, 4) is 5.75 Å². The van der Waals surface area contributed by atoms with Crippen molar-refractivity contribution in [3.05, 3.63) is 27.8 Å². The van der Waals surface area contributed by atoms with Crippen LogP contribution in [-0.2, 0) is 10.0 Å². The van der Waals surface area contributed by atoms with Crippen LogP contribution in [0.2, 0.25) is 0 Å². The largest absolute Gasteiger partial charge is 0.489 e. The molecule has 0 aromatic heterocycles. The number of nitrogens with zero attached hydrogens (tertiary/aromatic N) is 1. The fourth-order valence-corrected chi connectivity index (χ4v) is 2.18. The number of nitro benzene ring substituents is 1. The predicted octanol–water partition coefficient (Wildman–Crippen LogP) is 1.34. The Morgan fingerprint density at radius 3 is 2.33 bits per heavy atom. The van der Waals surface area contributed by atoms with Gasteiger partial charge in [-0.15, -0.1) is 0 Å². The molecule has 0 unspecified atom stereocenters. The Hall–Kier alpha value is -1.67. The van der Waals surface area contributed by atoms with E-state index in [9.17, 15) is 18.5 Å². The third kappa shape index (κ3) is 3.17. The lowest BCUT2D eigenvalue weighted by Gasteiger charge is -2.15. The first-order valence-electron chi connectivity index (χ1n) is 5.11. The molecule has 0 saturated carbocycles. The van der Waals surface area contributed by atoms with Gasteiger partial charge in [-0.1, -0.05) is 0 Å². The Bertz CT molecular complexity index is 580. The summed E-state index contributed by atoms with van der Waals surface area (Å²) in [5.74, 6) is 0.0538. The molecule has 0 fully saturated rings. The number of aryl methyl sites for hydroxylation is 1. The Morgan fingerprint density at radius 1 is 1.39 bits per heavy atom. The van der Waals surface area contributed by atoms with Crippen LogP contribution in [0.4, 0.5) is 5.69 Å². The molecule has 0 radical (unpaired) electrons. The van der Waals surface area contributed by atoms with Gasteiger partial charge in [0.1, 0.15) is 10.6 Å². The summed E-state index contributed by atoms with van der Waals surface area (Å²) in [5, 5.41) is 15.7. The van der Waals surface area contributed by atoms with Crippen molar-refractivity contribution in [2.24, 2.45) is 5.14 Å². The lowest BCUT2D eigenvalue weighted by Crippen LogP contribution is -2.17. The standard InChI is InChI=1S/C10H14N2O5S/c1-6(2)17-10-7(3)4-8(12(13)14)5-9(10)18(11,15)16/h4-6H,1-3H3,(H2,11,15,16). The number of nitro groups is 1. The molecule has 0 bridgehead atoms. The number of ether oxygens (including phenoxy) is 1. The smallest absolute Gasteiger partial charge is 0.271 e. The van der Waals surface area contributed by atoms with Gasteiger partial charge in [0.15, 0.2) is 0 Å². The second-order valence-electron chi connectivity index (χ2n) is 4.06. The van der Waals surface area contributed by atoms with Crippen molar-refractivity contribution in [1.82, 2.24) is 0 Å². The third-order valence-corrected chi connectivity index (χ3v) is 3.01. The summed E-state index contributed by atoms with van der Waals surface area (Å²) in [6, 6.07) is 2.15. The van der Waals surface area contributed by atoms with Crippen LogP contribution in [-0.4, -0.2) is 19.4 Å². The van der Waals surface area contributed by atoms with Gasteiger partial charge < -0.3 is 4.74 Å². The van der Waals surface area contributed by atoms with Crippen LogP contribution in [0.15, 0.2) is 17.0 Å². The van der Waals surface area contributed by atoms with Crippen molar-refractivity contribution < 1.29 is 18.1 Å². The number of nitrogens with two attached hydrogens (primary N) is 1. The van der Waals surface area contributed by atoms with E-state index in [1.807, 2.05) is 0 Å². The molecule has 2 N–H and O–H groups in total. The number of primary sulfonamides is 1. The highest BCUT2D eigenvalue weighted by Crippen LogP contribution is 2.32. The lowest BCUT2D eigenvalue weighted by atomic mass is 10.2. The zero-order valence-corrected chi connectivity index (χ0v) is 11.0. The number of rotatable bonds is 4. The van der Waals surface area contributed by atoms with Gasteiger partial charge in [-0.25, -0.2) is 13.6 Å². The van der Waals surface area contributed by atoms with Crippen molar-refractivity contribution in [1.29, 1.82) is 0 Å². The van der Waals surface area contributed by atoms with Crippen LogP contribution in [0.25, 0.3) is 0 Å². The number of non-ortho nitro benzene ring substituents is 1. The maximum Gasteiger partial charge on any atom is 0.271 e. The molecule has 1 aromatic rings. The molecule has 1 aromatic carbocycles. The second-order valence-corrected chi connectivity index (χ2v) is 5.59. The maximum absolute atomic E-state index is 11.4. The van der Waals surface area contributed by atoms with E-state index in [-0.39, 0.29) is 22.4 Å². The number of benzene rings is 1. The van der Waals surface area contributed by atoms with Crippen molar-refractivity contribution >= 4 is 15.7 Å². The highest BCUT2D eigenvalue weighted by molar-refractivity contribution is 7.89. The topological polar surface area (TPSA) is 113 Å². The molecule has 18 heavy (non-hydrogen) atoms. The van der Waals surface area contributed by atoms with E-state index in [4.69, 9.17) is 9.88 Å². The summed E-state index contributed by atoms with van der Waals surface area (Å²) >= 11 is 0. The first-order valence-corrected chi connectivity index (χ1v) is 6.66. The fraction of sp³-hybridized carbons (Fsp3) is 0.400. The summed E-state index contributed by atoms with van der Waals surface area (Å²) in [5.41, 5.74) is 0.00885. The van der Waals surface area contributed by atoms with Gasteiger partial charge >= 0.3 is 0 Å². The molecule has 0 aliphatic rings. The van der Waals surface area contributed by atoms with Gasteiger partial charge in [0.2, 0.25) is 10.0 Å². The first-order chi connectivity index (χ1) is 8.12. The summed E-state index contributed by atoms with van der Waals surface area (Å²) in [4.78, 5) is 9.64. The average Bonchev–Trinajstić information content (AvgIpc) is 2.17. The zero-order valence-electron chi connectivity index (χ0n) is 10.2. The summed E-state index contributed by atoms with van der Waals surface area (Å²) in [6.07, 6.45) is -0.273. The zero-order chi connectivity index (χ0) is 14.1. The Morgan fingerprint density at radius 2 is 1.94 bits per heavy atom. The van der Waals surface area contributed by atoms with Crippen molar-refractivity contribution in [3.63, 3.8) is 0 Å². The Labute approximate surface area is 105 Å². The van der Waals surface area contributed by atoms with Crippen LogP contribution >= 0.6 is 0 Å². The van der Waals surface area contributed by atoms with E-state index in [1.165, 1.54) is 13.0 Å². The van der Waals surface area contributed by atoms with E-state index >= 15 is 0 Å². The van der Waals surface area contributed by atoms with Gasteiger partial charge in [-0.3, -0.25) is 10.1 Å². The molecule has 1 rings (SSSR count). The van der Waals surface area contributed by atoms with Gasteiger partial charge in [0.25, 0.3) is 5.69 Å². The van der Waals surface area contributed by atoms with Crippen molar-refractivity contribution in [2.45, 2.75) is 31.8 Å². The third-order valence-electron chi connectivity index (χ3n) is 2.10. The molecular weight excluding hydrogens is 260 g/mol. The molecule has 0 heterocycles. The molecule has 0 spiro atoms. The Balaban J connectivity index is 3.55. The van der Waals surface area contributed by atoms with Crippen LogP contribution in [0.3, 0.4) is 0 Å². The number of sulfonamides is 1. The normalized spacial score (nSPS) is 11.6. The minimum Gasteiger partial charge on any atom is -0.489 e. The van der Waals surface area contributed by atoms with Gasteiger partial charge in [-0.2, -0.15) is 0 Å². The fourth-order valence-electron chi connectivity index (χ4n) is 1.43. The van der Waals surface area contributed by atoms with Crippen LogP contribution in [0, 0.1) is 17.0 Å². The van der Waals surface area contributed by atoms with E-state index in [0.29, 0.717) is 5.56 Å². The number of hydrogen-bond donors (Lipinski definition) is 1. The molecule has 8 heteroatoms. The molecule has 0 atom stereocenters. The molecule has 0 saturated heterocycles. The summed E-state index contributed by atoms with van der Waals surface area (Å²) in [6.45, 7) is 4.96. The van der Waals surface area contributed by atoms with E-state index in [2.05, 4.69) is 0 Å². The monoisotopic (exact) mass is 274 g/mol. The predicted molar refractivity (Wildman–Crippen MR) is 65.0 cm³/mol. The number of hydrogen-bond acceptors (Lipinski definition) is 5. The quantitative estimate of drug-likeness (QED) is 0.657. The maximum atomic E-state index is 11.4. The highest BCUT2D eigenvalue weighted by atomic mass is 32.2.